The lowest BCUT2D eigenvalue weighted by atomic mass is 10.1. The molecule has 0 amide bonds. The number of aryl methyl sites for hydroxylation is 2. The fourth-order valence-corrected chi connectivity index (χ4v) is 3.72. The molecule has 0 saturated heterocycles. The lowest BCUT2D eigenvalue weighted by Gasteiger charge is -2.07. The van der Waals surface area contributed by atoms with Crippen molar-refractivity contribution < 1.29 is 4.39 Å². The zero-order valence-corrected chi connectivity index (χ0v) is 17.0. The summed E-state index contributed by atoms with van der Waals surface area (Å²) >= 11 is 0. The van der Waals surface area contributed by atoms with Crippen molar-refractivity contribution in [2.45, 2.75) is 20.0 Å². The Bertz CT molecular complexity index is 1560. The maximum atomic E-state index is 13.6. The summed E-state index contributed by atoms with van der Waals surface area (Å²) in [5, 5.41) is 8.70. The maximum absolute atomic E-state index is 13.6. The Morgan fingerprint density at radius 3 is 2.48 bits per heavy atom. The van der Waals surface area contributed by atoms with E-state index in [1.807, 2.05) is 31.2 Å². The molecule has 156 valence electrons. The van der Waals surface area contributed by atoms with Crippen LogP contribution in [0.15, 0.2) is 64.3 Å². The molecule has 2 aromatic carbocycles. The van der Waals surface area contributed by atoms with Crippen LogP contribution in [0.25, 0.3) is 16.8 Å². The summed E-state index contributed by atoms with van der Waals surface area (Å²) < 4.78 is 19.2. The lowest BCUT2D eigenvalue weighted by Crippen LogP contribution is -2.26. The number of benzene rings is 2. The second-order valence-corrected chi connectivity index (χ2v) is 7.62. The van der Waals surface area contributed by atoms with Crippen molar-refractivity contribution in [1.82, 2.24) is 28.5 Å². The number of nitrogens with zero attached hydrogens (tertiary/aromatic N) is 6. The second kappa shape index (κ2) is 7.05. The van der Waals surface area contributed by atoms with E-state index in [9.17, 15) is 14.0 Å². The van der Waals surface area contributed by atoms with Crippen molar-refractivity contribution in [3.63, 3.8) is 0 Å². The molecule has 0 N–H and O–H groups in total. The average molecular weight is 418 g/mol. The molecule has 31 heavy (non-hydrogen) atoms. The van der Waals surface area contributed by atoms with Gasteiger partial charge in [-0.2, -0.15) is 5.10 Å². The Morgan fingerprint density at radius 1 is 0.968 bits per heavy atom. The SMILES string of the molecule is Cc1ccc(Cn2c(=O)c3nn(C)cc3n3c(=O)n(Cc4cccc(F)c4)nc23)cc1. The van der Waals surface area contributed by atoms with Gasteiger partial charge in [0.2, 0.25) is 5.78 Å². The van der Waals surface area contributed by atoms with Gasteiger partial charge >= 0.3 is 5.69 Å². The van der Waals surface area contributed by atoms with Crippen LogP contribution in [0.5, 0.6) is 0 Å². The third-order valence-electron chi connectivity index (χ3n) is 5.24. The Balaban J connectivity index is 1.74. The highest BCUT2D eigenvalue weighted by atomic mass is 19.1. The van der Waals surface area contributed by atoms with Crippen molar-refractivity contribution >= 4 is 16.8 Å². The number of halogens is 1. The largest absolute Gasteiger partial charge is 0.352 e. The van der Waals surface area contributed by atoms with Gasteiger partial charge in [0.05, 0.1) is 13.1 Å². The van der Waals surface area contributed by atoms with E-state index >= 15 is 0 Å². The van der Waals surface area contributed by atoms with Crippen LogP contribution in [-0.2, 0) is 20.1 Å². The first-order valence-corrected chi connectivity index (χ1v) is 9.76. The third-order valence-corrected chi connectivity index (χ3v) is 5.24. The molecule has 0 saturated carbocycles. The van der Waals surface area contributed by atoms with Crippen LogP contribution in [-0.4, -0.2) is 28.5 Å². The maximum Gasteiger partial charge on any atom is 0.352 e. The van der Waals surface area contributed by atoms with Gasteiger partial charge in [-0.1, -0.05) is 42.0 Å². The van der Waals surface area contributed by atoms with Gasteiger partial charge in [0.1, 0.15) is 11.3 Å². The topological polar surface area (TPSA) is 79.1 Å². The lowest BCUT2D eigenvalue weighted by molar-refractivity contribution is 0.615. The van der Waals surface area contributed by atoms with Gasteiger partial charge in [0, 0.05) is 13.2 Å². The van der Waals surface area contributed by atoms with Gasteiger partial charge in [-0.05, 0) is 30.2 Å². The van der Waals surface area contributed by atoms with Crippen LogP contribution in [0.2, 0.25) is 0 Å². The number of hydrogen-bond donors (Lipinski definition) is 0. The van der Waals surface area contributed by atoms with Gasteiger partial charge in [0.25, 0.3) is 5.56 Å². The van der Waals surface area contributed by atoms with E-state index in [1.54, 1.807) is 25.4 Å². The molecule has 3 heterocycles. The van der Waals surface area contributed by atoms with Crippen molar-refractivity contribution in [3.05, 3.63) is 98.1 Å². The molecule has 0 aliphatic heterocycles. The zero-order chi connectivity index (χ0) is 21.7. The van der Waals surface area contributed by atoms with E-state index in [1.165, 1.54) is 30.5 Å². The average Bonchev–Trinajstić information content (AvgIpc) is 3.27. The summed E-state index contributed by atoms with van der Waals surface area (Å²) in [7, 11) is 1.69. The first-order valence-electron chi connectivity index (χ1n) is 9.76. The summed E-state index contributed by atoms with van der Waals surface area (Å²) in [4.78, 5) is 26.4. The molecule has 0 atom stereocenters. The van der Waals surface area contributed by atoms with E-state index in [0.717, 1.165) is 11.1 Å². The molecular formula is C22H19FN6O2. The summed E-state index contributed by atoms with van der Waals surface area (Å²) in [6.45, 7) is 2.31. The fourth-order valence-electron chi connectivity index (χ4n) is 3.72. The Morgan fingerprint density at radius 2 is 1.74 bits per heavy atom. The molecule has 5 aromatic rings. The number of aromatic nitrogens is 6. The smallest absolute Gasteiger partial charge is 0.273 e. The minimum atomic E-state index is -0.421. The minimum Gasteiger partial charge on any atom is -0.273 e. The second-order valence-electron chi connectivity index (χ2n) is 7.62. The van der Waals surface area contributed by atoms with Crippen LogP contribution in [0.1, 0.15) is 16.7 Å². The standard InChI is InChI=1S/C22H19FN6O2/c1-14-6-8-15(9-7-14)11-27-20(30)19-18(13-26(2)24-19)29-21(27)25-28(22(29)31)12-16-4-3-5-17(23)10-16/h3-10,13H,11-12H2,1-2H3. The van der Waals surface area contributed by atoms with Crippen molar-refractivity contribution in [2.75, 3.05) is 0 Å². The van der Waals surface area contributed by atoms with Crippen LogP contribution < -0.4 is 11.2 Å². The van der Waals surface area contributed by atoms with Crippen molar-refractivity contribution in [3.8, 4) is 0 Å². The number of hydrogen-bond acceptors (Lipinski definition) is 4. The van der Waals surface area contributed by atoms with Crippen LogP contribution >= 0.6 is 0 Å². The van der Waals surface area contributed by atoms with E-state index in [4.69, 9.17) is 0 Å². The van der Waals surface area contributed by atoms with Gasteiger partial charge in [0.15, 0.2) is 5.52 Å². The summed E-state index contributed by atoms with van der Waals surface area (Å²) in [6, 6.07) is 13.8. The predicted molar refractivity (Wildman–Crippen MR) is 114 cm³/mol. The Labute approximate surface area is 175 Å². The zero-order valence-electron chi connectivity index (χ0n) is 17.0. The third kappa shape index (κ3) is 3.24. The van der Waals surface area contributed by atoms with Crippen LogP contribution in [0.3, 0.4) is 0 Å². The highest BCUT2D eigenvalue weighted by Crippen LogP contribution is 2.13. The first kappa shape index (κ1) is 19.0. The molecule has 0 aliphatic carbocycles. The Hall–Kier alpha value is -4.01. The highest BCUT2D eigenvalue weighted by Gasteiger charge is 2.20. The van der Waals surface area contributed by atoms with Crippen LogP contribution in [0, 0.1) is 12.7 Å². The molecule has 5 rings (SSSR count). The van der Waals surface area contributed by atoms with Gasteiger partial charge < -0.3 is 0 Å². The molecule has 0 bridgehead atoms. The summed E-state index contributed by atoms with van der Waals surface area (Å²) in [6.07, 6.45) is 1.62. The molecular weight excluding hydrogens is 399 g/mol. The monoisotopic (exact) mass is 418 g/mol. The first-order chi connectivity index (χ1) is 14.9. The molecule has 8 nitrogen and oxygen atoms in total. The molecule has 9 heteroatoms. The predicted octanol–water partition coefficient (Wildman–Crippen LogP) is 2.09. The molecule has 0 radical (unpaired) electrons. The molecule has 0 spiro atoms. The molecule has 0 unspecified atom stereocenters. The number of fused-ring (bicyclic) bond motifs is 3. The molecule has 3 aromatic heterocycles. The van der Waals surface area contributed by atoms with Gasteiger partial charge in [-0.15, -0.1) is 5.10 Å². The quantitative estimate of drug-likeness (QED) is 0.448. The van der Waals surface area contributed by atoms with E-state index in [2.05, 4.69) is 10.2 Å². The highest BCUT2D eigenvalue weighted by molar-refractivity contribution is 5.75. The fraction of sp³-hybridized carbons (Fsp3) is 0.182. The molecule has 0 aliphatic rings. The van der Waals surface area contributed by atoms with Crippen LogP contribution in [0.4, 0.5) is 4.39 Å². The van der Waals surface area contributed by atoms with E-state index in [-0.39, 0.29) is 35.8 Å². The summed E-state index contributed by atoms with van der Waals surface area (Å²) in [5.74, 6) is -0.173. The molecule has 0 fully saturated rings. The van der Waals surface area contributed by atoms with Crippen molar-refractivity contribution in [1.29, 1.82) is 0 Å². The minimum absolute atomic E-state index is 0.0821. The van der Waals surface area contributed by atoms with E-state index < -0.39 is 5.69 Å². The Kier molecular flexibility index (Phi) is 4.32. The van der Waals surface area contributed by atoms with Gasteiger partial charge in [-0.25, -0.2) is 18.3 Å². The normalized spacial score (nSPS) is 11.6. The van der Waals surface area contributed by atoms with Gasteiger partial charge in [-0.3, -0.25) is 14.0 Å². The summed E-state index contributed by atoms with van der Waals surface area (Å²) in [5.41, 5.74) is 2.43. The van der Waals surface area contributed by atoms with Crippen molar-refractivity contribution in [2.24, 2.45) is 7.05 Å². The van der Waals surface area contributed by atoms with E-state index in [0.29, 0.717) is 11.1 Å². The number of rotatable bonds is 4.